The normalized spacial score (nSPS) is 12.1. The van der Waals surface area contributed by atoms with E-state index in [9.17, 15) is 4.79 Å². The zero-order chi connectivity index (χ0) is 14.5. The van der Waals surface area contributed by atoms with Crippen molar-refractivity contribution in [3.8, 4) is 0 Å². The summed E-state index contributed by atoms with van der Waals surface area (Å²) >= 11 is 1.70. The van der Waals surface area contributed by atoms with Gasteiger partial charge in [0.15, 0.2) is 0 Å². The number of hydrogen-bond donors (Lipinski definition) is 3. The van der Waals surface area contributed by atoms with Crippen molar-refractivity contribution in [1.29, 1.82) is 0 Å². The summed E-state index contributed by atoms with van der Waals surface area (Å²) in [5.41, 5.74) is 6.87. The Hall–Kier alpha value is -2.01. The molecule has 1 atom stereocenters. The van der Waals surface area contributed by atoms with Gasteiger partial charge in [-0.25, -0.2) is 4.79 Å². The van der Waals surface area contributed by atoms with E-state index >= 15 is 0 Å². The summed E-state index contributed by atoms with van der Waals surface area (Å²) in [6.45, 7) is 2.13. The number of hydrogen-bond acceptors (Lipinski definition) is 4. The maximum atomic E-state index is 11.1. The van der Waals surface area contributed by atoms with Crippen LogP contribution in [0.5, 0.6) is 0 Å². The summed E-state index contributed by atoms with van der Waals surface area (Å²) in [5, 5.41) is 14.5. The number of nitrogen functional groups attached to an aromatic ring is 1. The maximum Gasteiger partial charge on any atom is 0.337 e. The predicted molar refractivity (Wildman–Crippen MR) is 83.4 cm³/mol. The fourth-order valence-corrected chi connectivity index (χ4v) is 2.91. The van der Waals surface area contributed by atoms with Crippen LogP contribution in [0.25, 0.3) is 0 Å². The summed E-state index contributed by atoms with van der Waals surface area (Å²) < 4.78 is 0. The Morgan fingerprint density at radius 2 is 2.25 bits per heavy atom. The van der Waals surface area contributed by atoms with Crippen molar-refractivity contribution < 1.29 is 9.90 Å². The second kappa shape index (κ2) is 6.43. The number of carbonyl (C=O) groups is 1. The molecule has 0 saturated heterocycles. The first-order valence-corrected chi connectivity index (χ1v) is 7.42. The lowest BCUT2D eigenvalue weighted by atomic mass is 10.1. The molecule has 1 aromatic heterocycles. The van der Waals surface area contributed by atoms with Crippen LogP contribution in [0.3, 0.4) is 0 Å². The molecule has 0 spiro atoms. The smallest absolute Gasteiger partial charge is 0.337 e. The molecule has 4 N–H and O–H groups in total. The number of anilines is 2. The molecule has 2 rings (SSSR count). The number of nitrogens with one attached hydrogen (secondary N) is 1. The van der Waals surface area contributed by atoms with Crippen LogP contribution in [0.4, 0.5) is 11.4 Å². The van der Waals surface area contributed by atoms with Crippen molar-refractivity contribution in [3.05, 3.63) is 46.2 Å². The van der Waals surface area contributed by atoms with Gasteiger partial charge in [-0.05, 0) is 36.1 Å². The maximum absolute atomic E-state index is 11.1. The first-order chi connectivity index (χ1) is 9.61. The first kappa shape index (κ1) is 14.4. The number of benzene rings is 1. The van der Waals surface area contributed by atoms with E-state index in [4.69, 9.17) is 10.8 Å². The fourth-order valence-electron chi connectivity index (χ4n) is 2.10. The van der Waals surface area contributed by atoms with Crippen LogP contribution in [0.1, 0.15) is 41.0 Å². The Bertz CT molecular complexity index is 582. The lowest BCUT2D eigenvalue weighted by molar-refractivity contribution is 0.0698. The Balaban J connectivity index is 2.23. The average Bonchev–Trinajstić information content (AvgIpc) is 2.94. The van der Waals surface area contributed by atoms with Crippen LogP contribution < -0.4 is 11.1 Å². The van der Waals surface area contributed by atoms with Gasteiger partial charge in [-0.15, -0.1) is 11.3 Å². The second-order valence-electron chi connectivity index (χ2n) is 4.61. The highest BCUT2D eigenvalue weighted by Crippen LogP contribution is 2.28. The van der Waals surface area contributed by atoms with Crippen LogP contribution in [0.15, 0.2) is 35.7 Å². The Morgan fingerprint density at radius 1 is 1.45 bits per heavy atom. The van der Waals surface area contributed by atoms with Crippen molar-refractivity contribution in [2.75, 3.05) is 11.1 Å². The van der Waals surface area contributed by atoms with E-state index in [0.29, 0.717) is 0 Å². The van der Waals surface area contributed by atoms with Gasteiger partial charge in [-0.2, -0.15) is 0 Å². The molecule has 0 fully saturated rings. The van der Waals surface area contributed by atoms with Gasteiger partial charge in [-0.3, -0.25) is 0 Å². The van der Waals surface area contributed by atoms with Gasteiger partial charge in [0.25, 0.3) is 0 Å². The Kier molecular flexibility index (Phi) is 4.63. The molecule has 1 aromatic carbocycles. The lowest BCUT2D eigenvalue weighted by Crippen LogP contribution is -2.10. The number of carboxylic acids is 1. The summed E-state index contributed by atoms with van der Waals surface area (Å²) in [7, 11) is 0. The Morgan fingerprint density at radius 3 is 2.85 bits per heavy atom. The Labute approximate surface area is 122 Å². The molecule has 0 bridgehead atoms. The van der Waals surface area contributed by atoms with Crippen molar-refractivity contribution in [1.82, 2.24) is 0 Å². The number of rotatable bonds is 6. The van der Waals surface area contributed by atoms with E-state index < -0.39 is 5.97 Å². The topological polar surface area (TPSA) is 75.3 Å². The number of nitrogens with two attached hydrogens (primary N) is 1. The minimum absolute atomic E-state index is 0.136. The summed E-state index contributed by atoms with van der Waals surface area (Å²) in [4.78, 5) is 12.4. The van der Waals surface area contributed by atoms with E-state index in [1.54, 1.807) is 23.5 Å². The molecule has 4 nitrogen and oxygen atoms in total. The molecular weight excluding hydrogens is 272 g/mol. The van der Waals surface area contributed by atoms with Gasteiger partial charge in [0.05, 0.1) is 11.6 Å². The molecule has 5 heteroatoms. The standard InChI is InChI=1S/C15H18N2O2S/c1-2-4-13(14-5-3-8-20-14)17-10-6-7-12(16)11(9-10)15(18)19/h3,5-9,13,17H,2,4,16H2,1H3,(H,18,19). The quantitative estimate of drug-likeness (QED) is 0.703. The van der Waals surface area contributed by atoms with E-state index in [2.05, 4.69) is 18.3 Å². The molecule has 106 valence electrons. The molecule has 0 radical (unpaired) electrons. The molecule has 0 amide bonds. The van der Waals surface area contributed by atoms with Crippen LogP contribution in [-0.4, -0.2) is 11.1 Å². The molecule has 1 unspecified atom stereocenters. The van der Waals surface area contributed by atoms with Crippen molar-refractivity contribution in [3.63, 3.8) is 0 Å². The summed E-state index contributed by atoms with van der Waals surface area (Å²) in [6, 6.07) is 9.35. The van der Waals surface area contributed by atoms with E-state index in [0.717, 1.165) is 18.5 Å². The van der Waals surface area contributed by atoms with Crippen LogP contribution >= 0.6 is 11.3 Å². The average molecular weight is 290 g/mol. The SMILES string of the molecule is CCCC(Nc1ccc(N)c(C(=O)O)c1)c1cccs1. The molecule has 2 aromatic rings. The summed E-state index contributed by atoms with van der Waals surface area (Å²) in [5.74, 6) is -1.01. The van der Waals surface area contributed by atoms with Crippen LogP contribution in [-0.2, 0) is 0 Å². The number of aromatic carboxylic acids is 1. The highest BCUT2D eigenvalue weighted by molar-refractivity contribution is 7.10. The zero-order valence-corrected chi connectivity index (χ0v) is 12.1. The molecule has 0 aliphatic rings. The van der Waals surface area contributed by atoms with Gasteiger partial charge < -0.3 is 16.2 Å². The highest BCUT2D eigenvalue weighted by Gasteiger charge is 2.14. The molecule has 20 heavy (non-hydrogen) atoms. The van der Waals surface area contributed by atoms with E-state index in [-0.39, 0.29) is 17.3 Å². The molecule has 1 heterocycles. The zero-order valence-electron chi connectivity index (χ0n) is 11.3. The monoisotopic (exact) mass is 290 g/mol. The number of carboxylic acid groups (broad SMARTS) is 1. The van der Waals surface area contributed by atoms with Gasteiger partial charge >= 0.3 is 5.97 Å². The molecule has 0 aliphatic heterocycles. The van der Waals surface area contributed by atoms with Crippen LogP contribution in [0, 0.1) is 0 Å². The fraction of sp³-hybridized carbons (Fsp3) is 0.267. The predicted octanol–water partition coefficient (Wildman–Crippen LogP) is 3.98. The molecule has 0 aliphatic carbocycles. The third-order valence-corrected chi connectivity index (χ3v) is 4.07. The number of thiophene rings is 1. The van der Waals surface area contributed by atoms with Gasteiger partial charge in [0.1, 0.15) is 0 Å². The van der Waals surface area contributed by atoms with Crippen molar-refractivity contribution >= 4 is 28.7 Å². The van der Waals surface area contributed by atoms with Crippen molar-refractivity contribution in [2.24, 2.45) is 0 Å². The second-order valence-corrected chi connectivity index (χ2v) is 5.59. The largest absolute Gasteiger partial charge is 0.478 e. The molecular formula is C15H18N2O2S. The van der Waals surface area contributed by atoms with Crippen LogP contribution in [0.2, 0.25) is 0 Å². The van der Waals surface area contributed by atoms with Gasteiger partial charge in [0.2, 0.25) is 0 Å². The summed E-state index contributed by atoms with van der Waals surface area (Å²) in [6.07, 6.45) is 2.05. The third kappa shape index (κ3) is 3.30. The van der Waals surface area contributed by atoms with E-state index in [1.807, 2.05) is 17.5 Å². The van der Waals surface area contributed by atoms with Crippen molar-refractivity contribution in [2.45, 2.75) is 25.8 Å². The molecule has 0 saturated carbocycles. The van der Waals surface area contributed by atoms with E-state index in [1.165, 1.54) is 4.88 Å². The minimum Gasteiger partial charge on any atom is -0.478 e. The van der Waals surface area contributed by atoms with Gasteiger partial charge in [0, 0.05) is 16.3 Å². The lowest BCUT2D eigenvalue weighted by Gasteiger charge is -2.18. The highest BCUT2D eigenvalue weighted by atomic mass is 32.1. The van der Waals surface area contributed by atoms with Gasteiger partial charge in [-0.1, -0.05) is 19.4 Å². The minimum atomic E-state index is -1.01. The first-order valence-electron chi connectivity index (χ1n) is 6.54. The third-order valence-electron chi connectivity index (χ3n) is 3.09.